The second-order valence-electron chi connectivity index (χ2n) is 7.92. The Balaban J connectivity index is 1.32. The maximum Gasteiger partial charge on any atom is 0.236 e. The number of aryl methyl sites for hydroxylation is 3. The molecule has 1 N–H and O–H groups in total. The summed E-state index contributed by atoms with van der Waals surface area (Å²) < 4.78 is 7.81. The molecule has 176 valence electrons. The molecule has 34 heavy (non-hydrogen) atoms. The largest absolute Gasteiger partial charge is 0.486 e. The molecule has 4 rings (SSSR count). The van der Waals surface area contributed by atoms with Crippen LogP contribution in [0.4, 0.5) is 5.13 Å². The van der Waals surface area contributed by atoms with Crippen LogP contribution in [0, 0.1) is 20.8 Å². The van der Waals surface area contributed by atoms with Crippen molar-refractivity contribution in [2.75, 3.05) is 11.1 Å². The van der Waals surface area contributed by atoms with Gasteiger partial charge in [-0.15, -0.1) is 21.5 Å². The number of benzene rings is 2. The van der Waals surface area contributed by atoms with E-state index in [4.69, 9.17) is 4.74 Å². The first-order valence-electron chi connectivity index (χ1n) is 11.0. The van der Waals surface area contributed by atoms with Gasteiger partial charge in [-0.3, -0.25) is 4.79 Å². The molecule has 0 aliphatic rings. The monoisotopic (exact) mass is 493 g/mol. The third-order valence-corrected chi connectivity index (χ3v) is 7.11. The number of thioether (sulfide) groups is 1. The smallest absolute Gasteiger partial charge is 0.236 e. The Morgan fingerprint density at radius 1 is 1.09 bits per heavy atom. The van der Waals surface area contributed by atoms with Crippen molar-refractivity contribution in [2.45, 2.75) is 46.0 Å². The third-order valence-electron chi connectivity index (χ3n) is 5.38. The molecule has 0 saturated heterocycles. The second kappa shape index (κ2) is 10.8. The van der Waals surface area contributed by atoms with Crippen LogP contribution >= 0.6 is 23.1 Å². The van der Waals surface area contributed by atoms with Gasteiger partial charge in [0.05, 0.1) is 11.4 Å². The van der Waals surface area contributed by atoms with E-state index in [0.29, 0.717) is 23.4 Å². The van der Waals surface area contributed by atoms with Crippen LogP contribution in [0.15, 0.2) is 53.0 Å². The van der Waals surface area contributed by atoms with Gasteiger partial charge in [0.15, 0.2) is 16.1 Å². The van der Waals surface area contributed by atoms with Gasteiger partial charge in [-0.1, -0.05) is 41.6 Å². The van der Waals surface area contributed by atoms with E-state index in [1.165, 1.54) is 39.8 Å². The van der Waals surface area contributed by atoms with Crippen molar-refractivity contribution in [2.24, 2.45) is 0 Å². The summed E-state index contributed by atoms with van der Waals surface area (Å²) in [5.74, 6) is 1.60. The number of nitrogens with zero attached hydrogens (tertiary/aromatic N) is 4. The Labute approximate surface area is 207 Å². The molecule has 2 heterocycles. The van der Waals surface area contributed by atoms with Crippen molar-refractivity contribution in [3.8, 4) is 17.0 Å². The average Bonchev–Trinajstić information content (AvgIpc) is 3.45. The molecule has 7 nitrogen and oxygen atoms in total. The molecular weight excluding hydrogens is 466 g/mol. The zero-order chi connectivity index (χ0) is 24.1. The molecule has 0 spiro atoms. The topological polar surface area (TPSA) is 81.9 Å². The van der Waals surface area contributed by atoms with Crippen LogP contribution in [0.25, 0.3) is 11.3 Å². The standard InChI is InChI=1S/C25H27N5O2S2/c1-5-30-22(13-32-20-10-6-16(2)7-11-20)28-29-25(30)34-15-23(31)27-24-26-21(14-33-24)19-9-8-17(3)18(4)12-19/h6-12,14H,5,13,15H2,1-4H3,(H,26,27,31). The lowest BCUT2D eigenvalue weighted by Crippen LogP contribution is -2.14. The zero-order valence-corrected chi connectivity index (χ0v) is 21.3. The molecular formula is C25H27N5O2S2. The molecule has 0 bridgehead atoms. The first-order valence-corrected chi connectivity index (χ1v) is 12.9. The van der Waals surface area contributed by atoms with Crippen molar-refractivity contribution in [3.05, 3.63) is 70.4 Å². The minimum Gasteiger partial charge on any atom is -0.486 e. The molecule has 4 aromatic rings. The Bertz CT molecular complexity index is 1280. The number of anilines is 1. The molecule has 0 unspecified atom stereocenters. The van der Waals surface area contributed by atoms with Gasteiger partial charge in [-0.2, -0.15) is 0 Å². The lowest BCUT2D eigenvalue weighted by atomic mass is 10.1. The van der Waals surface area contributed by atoms with Crippen molar-refractivity contribution in [1.82, 2.24) is 19.7 Å². The quantitative estimate of drug-likeness (QED) is 0.303. The fourth-order valence-electron chi connectivity index (χ4n) is 3.28. The summed E-state index contributed by atoms with van der Waals surface area (Å²) in [7, 11) is 0. The lowest BCUT2D eigenvalue weighted by Gasteiger charge is -2.09. The van der Waals surface area contributed by atoms with Crippen LogP contribution in [-0.4, -0.2) is 31.4 Å². The molecule has 9 heteroatoms. The second-order valence-corrected chi connectivity index (χ2v) is 9.72. The van der Waals surface area contributed by atoms with E-state index in [9.17, 15) is 4.79 Å². The number of thiazole rings is 1. The van der Waals surface area contributed by atoms with E-state index >= 15 is 0 Å². The zero-order valence-electron chi connectivity index (χ0n) is 19.7. The maximum absolute atomic E-state index is 12.5. The van der Waals surface area contributed by atoms with E-state index < -0.39 is 0 Å². The molecule has 2 aromatic heterocycles. The van der Waals surface area contributed by atoms with E-state index in [0.717, 1.165) is 22.8 Å². The van der Waals surface area contributed by atoms with Gasteiger partial charge >= 0.3 is 0 Å². The molecule has 1 amide bonds. The molecule has 0 aliphatic carbocycles. The summed E-state index contributed by atoms with van der Waals surface area (Å²) in [5, 5.41) is 14.6. The predicted octanol–water partition coefficient (Wildman–Crippen LogP) is 5.66. The summed E-state index contributed by atoms with van der Waals surface area (Å²) in [6, 6.07) is 14.1. The van der Waals surface area contributed by atoms with E-state index in [-0.39, 0.29) is 11.7 Å². The highest BCUT2D eigenvalue weighted by atomic mass is 32.2. The molecule has 0 fully saturated rings. The highest BCUT2D eigenvalue weighted by molar-refractivity contribution is 7.99. The van der Waals surface area contributed by atoms with Gasteiger partial charge in [-0.25, -0.2) is 4.98 Å². The van der Waals surface area contributed by atoms with Crippen LogP contribution in [-0.2, 0) is 17.9 Å². The summed E-state index contributed by atoms with van der Waals surface area (Å²) in [4.78, 5) is 17.1. The van der Waals surface area contributed by atoms with Crippen LogP contribution in [0.2, 0.25) is 0 Å². The Morgan fingerprint density at radius 2 is 1.88 bits per heavy atom. The Kier molecular flexibility index (Phi) is 7.64. The van der Waals surface area contributed by atoms with Gasteiger partial charge in [0, 0.05) is 17.5 Å². The van der Waals surface area contributed by atoms with Crippen molar-refractivity contribution < 1.29 is 9.53 Å². The van der Waals surface area contributed by atoms with Crippen molar-refractivity contribution in [3.63, 3.8) is 0 Å². The minimum absolute atomic E-state index is 0.130. The highest BCUT2D eigenvalue weighted by Gasteiger charge is 2.15. The average molecular weight is 494 g/mol. The van der Waals surface area contributed by atoms with Gasteiger partial charge in [0.25, 0.3) is 0 Å². The Hall–Kier alpha value is -3.17. The first-order chi connectivity index (χ1) is 16.4. The van der Waals surface area contributed by atoms with E-state index in [1.54, 1.807) is 0 Å². The van der Waals surface area contributed by atoms with Crippen LogP contribution < -0.4 is 10.1 Å². The van der Waals surface area contributed by atoms with Gasteiger partial charge in [0.1, 0.15) is 12.4 Å². The summed E-state index contributed by atoms with van der Waals surface area (Å²) in [5.41, 5.74) is 5.55. The summed E-state index contributed by atoms with van der Waals surface area (Å²) in [6.45, 7) is 9.23. The predicted molar refractivity (Wildman–Crippen MR) is 138 cm³/mol. The first kappa shape index (κ1) is 24.0. The van der Waals surface area contributed by atoms with Crippen molar-refractivity contribution in [1.29, 1.82) is 0 Å². The van der Waals surface area contributed by atoms with E-state index in [2.05, 4.69) is 52.5 Å². The fourth-order valence-corrected chi connectivity index (χ4v) is 4.84. The highest BCUT2D eigenvalue weighted by Crippen LogP contribution is 2.27. The number of carbonyl (C=O) groups is 1. The molecule has 0 atom stereocenters. The van der Waals surface area contributed by atoms with Crippen LogP contribution in [0.3, 0.4) is 0 Å². The summed E-state index contributed by atoms with van der Waals surface area (Å²) in [6.07, 6.45) is 0. The van der Waals surface area contributed by atoms with E-state index in [1.807, 2.05) is 48.1 Å². The molecule has 0 aliphatic heterocycles. The molecule has 2 aromatic carbocycles. The maximum atomic E-state index is 12.5. The van der Waals surface area contributed by atoms with Gasteiger partial charge in [-0.05, 0) is 57.0 Å². The van der Waals surface area contributed by atoms with Gasteiger partial charge < -0.3 is 14.6 Å². The van der Waals surface area contributed by atoms with Crippen LogP contribution in [0.1, 0.15) is 29.4 Å². The fraction of sp³-hybridized carbons (Fsp3) is 0.280. The van der Waals surface area contributed by atoms with Crippen molar-refractivity contribution >= 4 is 34.1 Å². The van der Waals surface area contributed by atoms with Gasteiger partial charge in [0.2, 0.25) is 5.91 Å². The van der Waals surface area contributed by atoms with Crippen LogP contribution in [0.5, 0.6) is 5.75 Å². The number of nitrogens with one attached hydrogen (secondary N) is 1. The minimum atomic E-state index is -0.130. The SMILES string of the molecule is CCn1c(COc2ccc(C)cc2)nnc1SCC(=O)Nc1nc(-c2ccc(C)c(C)c2)cs1. The third kappa shape index (κ3) is 5.84. The Morgan fingerprint density at radius 3 is 2.62 bits per heavy atom. The number of rotatable bonds is 9. The number of hydrogen-bond acceptors (Lipinski definition) is 7. The normalized spacial score (nSPS) is 10.9. The molecule has 0 radical (unpaired) electrons. The number of hydrogen-bond donors (Lipinski definition) is 1. The number of ether oxygens (including phenoxy) is 1. The summed E-state index contributed by atoms with van der Waals surface area (Å²) >= 11 is 2.77. The number of amides is 1. The number of carbonyl (C=O) groups excluding carboxylic acids is 1. The number of aromatic nitrogens is 4. The lowest BCUT2D eigenvalue weighted by molar-refractivity contribution is -0.113. The molecule has 0 saturated carbocycles.